The quantitative estimate of drug-likeness (QED) is 0.807. The predicted octanol–water partition coefficient (Wildman–Crippen LogP) is 2.58. The normalized spacial score (nSPS) is 22.1. The van der Waals surface area contributed by atoms with E-state index in [2.05, 4.69) is 38.6 Å². The lowest BCUT2D eigenvalue weighted by Gasteiger charge is -2.42. The number of piperidine rings is 1. The molecule has 0 radical (unpaired) electrons. The SMILES string of the molecule is C[C@H](C1CCN(Cc2cnc(-c3ccco3)nc2)CC1)N1CCN(C)CC1. The van der Waals surface area contributed by atoms with Gasteiger partial charge in [-0.2, -0.15) is 0 Å². The molecule has 0 amide bonds. The Morgan fingerprint density at radius 3 is 2.41 bits per heavy atom. The van der Waals surface area contributed by atoms with Gasteiger partial charge < -0.3 is 9.32 Å². The highest BCUT2D eigenvalue weighted by atomic mass is 16.3. The molecule has 0 bridgehead atoms. The highest BCUT2D eigenvalue weighted by Crippen LogP contribution is 2.25. The lowest BCUT2D eigenvalue weighted by atomic mass is 9.89. The van der Waals surface area contributed by atoms with Gasteiger partial charge in [0.2, 0.25) is 0 Å². The third-order valence-corrected chi connectivity index (χ3v) is 6.28. The second-order valence-corrected chi connectivity index (χ2v) is 8.09. The van der Waals surface area contributed by atoms with E-state index in [1.807, 2.05) is 24.5 Å². The van der Waals surface area contributed by atoms with Crippen molar-refractivity contribution in [3.63, 3.8) is 0 Å². The molecule has 4 rings (SSSR count). The summed E-state index contributed by atoms with van der Waals surface area (Å²) in [7, 11) is 2.23. The summed E-state index contributed by atoms with van der Waals surface area (Å²) in [6.45, 7) is 10.6. The van der Waals surface area contributed by atoms with Crippen molar-refractivity contribution in [2.24, 2.45) is 5.92 Å². The van der Waals surface area contributed by atoms with Gasteiger partial charge in [-0.1, -0.05) is 0 Å². The Balaban J connectivity index is 1.26. The molecular formula is C21H31N5O. The summed E-state index contributed by atoms with van der Waals surface area (Å²) in [5.74, 6) is 2.20. The third-order valence-electron chi connectivity index (χ3n) is 6.28. The molecule has 2 aliphatic heterocycles. The summed E-state index contributed by atoms with van der Waals surface area (Å²) in [6, 6.07) is 4.46. The molecule has 2 aliphatic rings. The van der Waals surface area contributed by atoms with Gasteiger partial charge in [-0.05, 0) is 58.0 Å². The molecule has 2 aromatic rings. The zero-order chi connectivity index (χ0) is 18.6. The second kappa shape index (κ2) is 8.50. The van der Waals surface area contributed by atoms with Gasteiger partial charge >= 0.3 is 0 Å². The number of rotatable bonds is 5. The summed E-state index contributed by atoms with van der Waals surface area (Å²) < 4.78 is 5.36. The van der Waals surface area contributed by atoms with Gasteiger partial charge in [0.1, 0.15) is 0 Å². The maximum atomic E-state index is 5.36. The van der Waals surface area contributed by atoms with Crippen molar-refractivity contribution in [3.05, 3.63) is 36.4 Å². The molecule has 1 atom stereocenters. The lowest BCUT2D eigenvalue weighted by molar-refractivity contribution is 0.0598. The van der Waals surface area contributed by atoms with Crippen molar-refractivity contribution in [3.8, 4) is 11.6 Å². The molecular weight excluding hydrogens is 338 g/mol. The molecule has 2 fully saturated rings. The van der Waals surface area contributed by atoms with Gasteiger partial charge in [0.15, 0.2) is 11.6 Å². The maximum absolute atomic E-state index is 5.36. The minimum Gasteiger partial charge on any atom is -0.461 e. The van der Waals surface area contributed by atoms with Crippen LogP contribution in [0.5, 0.6) is 0 Å². The van der Waals surface area contributed by atoms with Gasteiger partial charge in [-0.25, -0.2) is 9.97 Å². The Morgan fingerprint density at radius 2 is 1.78 bits per heavy atom. The molecule has 6 heteroatoms. The summed E-state index contributed by atoms with van der Waals surface area (Å²) >= 11 is 0. The molecule has 6 nitrogen and oxygen atoms in total. The van der Waals surface area contributed by atoms with Crippen LogP contribution in [0.25, 0.3) is 11.6 Å². The van der Waals surface area contributed by atoms with Crippen LogP contribution in [0, 0.1) is 5.92 Å². The van der Waals surface area contributed by atoms with Crippen molar-refractivity contribution in [2.45, 2.75) is 32.4 Å². The molecule has 2 aromatic heterocycles. The first-order chi connectivity index (χ1) is 13.2. The van der Waals surface area contributed by atoms with E-state index in [-0.39, 0.29) is 0 Å². The summed E-state index contributed by atoms with van der Waals surface area (Å²) in [5.41, 5.74) is 1.18. The van der Waals surface area contributed by atoms with Crippen LogP contribution >= 0.6 is 0 Å². The third kappa shape index (κ3) is 4.57. The molecule has 0 aliphatic carbocycles. The zero-order valence-electron chi connectivity index (χ0n) is 16.5. The fraction of sp³-hybridized carbons (Fsp3) is 0.619. The van der Waals surface area contributed by atoms with Crippen LogP contribution in [0.4, 0.5) is 0 Å². The molecule has 0 aromatic carbocycles. The van der Waals surface area contributed by atoms with E-state index in [0.717, 1.165) is 18.2 Å². The topological polar surface area (TPSA) is 48.6 Å². The van der Waals surface area contributed by atoms with E-state index in [0.29, 0.717) is 11.9 Å². The number of aromatic nitrogens is 2. The highest BCUT2D eigenvalue weighted by Gasteiger charge is 2.29. The first kappa shape index (κ1) is 18.6. The van der Waals surface area contributed by atoms with Crippen molar-refractivity contribution in [1.82, 2.24) is 24.7 Å². The van der Waals surface area contributed by atoms with Gasteiger partial charge in [0.05, 0.1) is 6.26 Å². The number of hydrogen-bond donors (Lipinski definition) is 0. The second-order valence-electron chi connectivity index (χ2n) is 8.09. The Kier molecular flexibility index (Phi) is 5.86. The van der Waals surface area contributed by atoms with Crippen LogP contribution in [0.1, 0.15) is 25.3 Å². The predicted molar refractivity (Wildman–Crippen MR) is 106 cm³/mol. The molecule has 146 valence electrons. The molecule has 0 N–H and O–H groups in total. The van der Waals surface area contributed by atoms with E-state index in [9.17, 15) is 0 Å². The summed E-state index contributed by atoms with van der Waals surface area (Å²) in [5, 5.41) is 0. The fourth-order valence-electron chi connectivity index (χ4n) is 4.35. The molecule has 4 heterocycles. The molecule has 0 saturated carbocycles. The van der Waals surface area contributed by atoms with Crippen LogP contribution in [-0.2, 0) is 6.54 Å². The Labute approximate surface area is 162 Å². The van der Waals surface area contributed by atoms with Crippen molar-refractivity contribution in [2.75, 3.05) is 46.3 Å². The van der Waals surface area contributed by atoms with Crippen LogP contribution in [0.15, 0.2) is 35.2 Å². The van der Waals surface area contributed by atoms with Crippen molar-refractivity contribution < 1.29 is 4.42 Å². The number of likely N-dealkylation sites (N-methyl/N-ethyl adjacent to an activating group) is 1. The largest absolute Gasteiger partial charge is 0.461 e. The number of hydrogen-bond acceptors (Lipinski definition) is 6. The van der Waals surface area contributed by atoms with Crippen molar-refractivity contribution >= 4 is 0 Å². The van der Waals surface area contributed by atoms with E-state index >= 15 is 0 Å². The van der Waals surface area contributed by atoms with Gasteiger partial charge in [-0.3, -0.25) is 9.80 Å². The van der Waals surface area contributed by atoms with Crippen molar-refractivity contribution in [1.29, 1.82) is 0 Å². The number of furan rings is 1. The summed E-state index contributed by atoms with van der Waals surface area (Å²) in [6.07, 6.45) is 8.10. The lowest BCUT2D eigenvalue weighted by Crippen LogP contribution is -2.51. The van der Waals surface area contributed by atoms with E-state index in [4.69, 9.17) is 4.42 Å². The maximum Gasteiger partial charge on any atom is 0.195 e. The first-order valence-corrected chi connectivity index (χ1v) is 10.2. The van der Waals surface area contributed by atoms with Crippen LogP contribution in [0.2, 0.25) is 0 Å². The number of piperazine rings is 1. The Bertz CT molecular complexity index is 686. The standard InChI is InChI=1S/C21H31N5O/c1-17(26-11-9-24(2)10-12-26)19-5-7-25(8-6-19)16-18-14-22-21(23-15-18)20-4-3-13-27-20/h3-4,13-15,17,19H,5-12,16H2,1-2H3/t17-/m1/s1. The van der Waals surface area contributed by atoms with E-state index in [1.54, 1.807) is 6.26 Å². The van der Waals surface area contributed by atoms with Crippen LogP contribution in [-0.4, -0.2) is 77.0 Å². The fourth-order valence-corrected chi connectivity index (χ4v) is 4.35. The average Bonchev–Trinajstić information content (AvgIpc) is 3.24. The molecule has 2 saturated heterocycles. The number of likely N-dealkylation sites (tertiary alicyclic amines) is 1. The minimum atomic E-state index is 0.656. The minimum absolute atomic E-state index is 0.656. The smallest absolute Gasteiger partial charge is 0.195 e. The molecule has 27 heavy (non-hydrogen) atoms. The first-order valence-electron chi connectivity index (χ1n) is 10.2. The van der Waals surface area contributed by atoms with E-state index in [1.165, 1.54) is 57.7 Å². The molecule has 0 unspecified atom stereocenters. The van der Waals surface area contributed by atoms with E-state index < -0.39 is 0 Å². The van der Waals surface area contributed by atoms with Gasteiger partial charge in [0, 0.05) is 56.7 Å². The van der Waals surface area contributed by atoms with Gasteiger partial charge in [0.25, 0.3) is 0 Å². The number of nitrogens with zero attached hydrogens (tertiary/aromatic N) is 5. The average molecular weight is 370 g/mol. The summed E-state index contributed by atoms with van der Waals surface area (Å²) in [4.78, 5) is 16.6. The monoisotopic (exact) mass is 369 g/mol. The highest BCUT2D eigenvalue weighted by molar-refractivity contribution is 5.45. The zero-order valence-corrected chi connectivity index (χ0v) is 16.5. The Morgan fingerprint density at radius 1 is 1.07 bits per heavy atom. The molecule has 0 spiro atoms. The van der Waals surface area contributed by atoms with Crippen LogP contribution in [0.3, 0.4) is 0 Å². The Hall–Kier alpha value is -1.76. The van der Waals surface area contributed by atoms with Crippen LogP contribution < -0.4 is 0 Å². The van der Waals surface area contributed by atoms with Gasteiger partial charge in [-0.15, -0.1) is 0 Å².